The molecular weight excluding hydrogens is 392 g/mol. The number of ether oxygens (including phenoxy) is 3. The van der Waals surface area contributed by atoms with E-state index in [-0.39, 0.29) is 17.9 Å². The molecule has 1 atom stereocenters. The first-order valence-electron chi connectivity index (χ1n) is 11.8. The molecule has 4 heterocycles. The van der Waals surface area contributed by atoms with Gasteiger partial charge in [-0.1, -0.05) is 18.2 Å². The van der Waals surface area contributed by atoms with E-state index >= 15 is 0 Å². The maximum absolute atomic E-state index is 12.7. The molecule has 166 valence electrons. The summed E-state index contributed by atoms with van der Waals surface area (Å²) in [5, 5.41) is 0. The van der Waals surface area contributed by atoms with E-state index in [0.717, 1.165) is 81.8 Å². The van der Waals surface area contributed by atoms with Crippen LogP contribution < -0.4 is 4.74 Å². The third kappa shape index (κ3) is 4.64. The van der Waals surface area contributed by atoms with E-state index in [2.05, 4.69) is 34.2 Å². The quantitative estimate of drug-likeness (QED) is 0.680. The molecule has 3 fully saturated rings. The maximum Gasteiger partial charge on any atom is 0.251 e. The van der Waals surface area contributed by atoms with Gasteiger partial charge >= 0.3 is 0 Å². The van der Waals surface area contributed by atoms with Gasteiger partial charge in [-0.25, -0.2) is 4.99 Å². The summed E-state index contributed by atoms with van der Waals surface area (Å²) in [4.78, 5) is 19.5. The molecule has 4 aliphatic heterocycles. The van der Waals surface area contributed by atoms with Crippen molar-refractivity contribution in [3.05, 3.63) is 41.8 Å². The summed E-state index contributed by atoms with van der Waals surface area (Å²) in [6, 6.07) is 8.47. The summed E-state index contributed by atoms with van der Waals surface area (Å²) < 4.78 is 18.0. The van der Waals surface area contributed by atoms with E-state index in [9.17, 15) is 4.79 Å². The summed E-state index contributed by atoms with van der Waals surface area (Å²) in [6.45, 7) is 3.42. The van der Waals surface area contributed by atoms with Gasteiger partial charge in [-0.2, -0.15) is 0 Å². The number of allylic oxidation sites excluding steroid dienone is 1. The highest BCUT2D eigenvalue weighted by Gasteiger charge is 2.30. The summed E-state index contributed by atoms with van der Waals surface area (Å²) >= 11 is 0. The minimum Gasteiger partial charge on any atom is -0.496 e. The Hall–Kier alpha value is -2.34. The van der Waals surface area contributed by atoms with E-state index in [1.807, 2.05) is 6.26 Å². The predicted molar refractivity (Wildman–Crippen MR) is 118 cm³/mol. The second kappa shape index (κ2) is 9.43. The number of hydrogen-bond acceptors (Lipinski definition) is 5. The van der Waals surface area contributed by atoms with Crippen molar-refractivity contribution >= 4 is 11.6 Å². The lowest BCUT2D eigenvalue weighted by Gasteiger charge is -2.29. The van der Waals surface area contributed by atoms with E-state index in [0.29, 0.717) is 19.1 Å². The number of carbonyl (C=O) groups is 1. The van der Waals surface area contributed by atoms with Crippen molar-refractivity contribution in [2.75, 3.05) is 32.9 Å². The van der Waals surface area contributed by atoms with E-state index in [1.165, 1.54) is 5.56 Å². The van der Waals surface area contributed by atoms with Crippen molar-refractivity contribution in [3.63, 3.8) is 0 Å². The molecule has 6 nitrogen and oxygen atoms in total. The lowest BCUT2D eigenvalue weighted by molar-refractivity contribution is -0.125. The molecule has 0 radical (unpaired) electrons. The normalized spacial score (nSPS) is 31.7. The van der Waals surface area contributed by atoms with Gasteiger partial charge in [-0.3, -0.25) is 4.79 Å². The molecule has 0 unspecified atom stereocenters. The smallest absolute Gasteiger partial charge is 0.251 e. The van der Waals surface area contributed by atoms with Crippen LogP contribution in [0.25, 0.3) is 0 Å². The lowest BCUT2D eigenvalue weighted by Crippen LogP contribution is -2.27. The van der Waals surface area contributed by atoms with Gasteiger partial charge in [0.15, 0.2) is 0 Å². The second-order valence-corrected chi connectivity index (χ2v) is 9.05. The van der Waals surface area contributed by atoms with Gasteiger partial charge in [0.1, 0.15) is 18.6 Å². The highest BCUT2D eigenvalue weighted by molar-refractivity contribution is 6.07. The van der Waals surface area contributed by atoms with Crippen LogP contribution in [0.15, 0.2) is 41.2 Å². The molecular formula is C25H32N2O4. The number of para-hydroxylation sites is 1. The van der Waals surface area contributed by atoms with Gasteiger partial charge in [0.05, 0.1) is 36.6 Å². The molecule has 1 aliphatic carbocycles. The fourth-order valence-corrected chi connectivity index (χ4v) is 5.21. The van der Waals surface area contributed by atoms with Gasteiger partial charge in [-0.05, 0) is 56.1 Å². The van der Waals surface area contributed by atoms with E-state index in [4.69, 9.17) is 14.2 Å². The Labute approximate surface area is 184 Å². The summed E-state index contributed by atoms with van der Waals surface area (Å²) in [7, 11) is 0. The monoisotopic (exact) mass is 424 g/mol. The van der Waals surface area contributed by atoms with Gasteiger partial charge in [0.25, 0.3) is 5.91 Å². The Morgan fingerprint density at radius 2 is 1.90 bits per heavy atom. The first-order valence-corrected chi connectivity index (χ1v) is 11.8. The van der Waals surface area contributed by atoms with Crippen molar-refractivity contribution < 1.29 is 19.0 Å². The second-order valence-electron chi connectivity index (χ2n) is 9.05. The number of hydrogen-bond donors (Lipinski definition) is 0. The summed E-state index contributed by atoms with van der Waals surface area (Å²) in [6.07, 6.45) is 8.94. The summed E-state index contributed by atoms with van der Waals surface area (Å²) in [5.41, 5.74) is 3.13. The number of rotatable bonds is 1. The predicted octanol–water partition coefficient (Wildman–Crippen LogP) is 4.06. The average molecular weight is 425 g/mol. The Kier molecular flexibility index (Phi) is 6.25. The Bertz CT molecular complexity index is 851. The highest BCUT2D eigenvalue weighted by atomic mass is 16.5. The molecule has 1 aromatic carbocycles. The minimum absolute atomic E-state index is 0.0500. The van der Waals surface area contributed by atoms with Gasteiger partial charge in [0, 0.05) is 19.6 Å². The van der Waals surface area contributed by atoms with Crippen LogP contribution in [-0.2, 0) is 14.3 Å². The summed E-state index contributed by atoms with van der Waals surface area (Å²) in [5.74, 6) is 1.39. The fourth-order valence-electron chi connectivity index (χ4n) is 5.21. The molecule has 1 saturated carbocycles. The standard InChI is InChI=1S/C25H32N2O4/c28-25(19-4-3-14-29-16-19)26-22-11-12-27-13-15-30-24-6-2-1-5-21(24)18-7-9-20(10-8-18)31-17-23(22)27/h1-2,5-6,17-20H,3-4,7-16H2/b23-17-,26-22?/t18?,19-,20?/m1/s1. The topological polar surface area (TPSA) is 60.4 Å². The molecule has 6 rings (SSSR count). The first kappa shape index (κ1) is 20.6. The third-order valence-corrected chi connectivity index (χ3v) is 7.03. The fraction of sp³-hybridized carbons (Fsp3) is 0.600. The number of nitrogens with zero attached hydrogens (tertiary/aromatic N) is 2. The SMILES string of the molecule is O=C(N=C1CCN2CCOc3ccccc3C3CCC(CC3)O/C=C/12)[C@@H]1CCCOC1. The van der Waals surface area contributed by atoms with Crippen LogP contribution in [0.3, 0.4) is 0 Å². The van der Waals surface area contributed by atoms with Crippen molar-refractivity contribution in [3.8, 4) is 5.75 Å². The van der Waals surface area contributed by atoms with Crippen LogP contribution in [0.5, 0.6) is 5.75 Å². The largest absolute Gasteiger partial charge is 0.496 e. The lowest BCUT2D eigenvalue weighted by atomic mass is 9.82. The van der Waals surface area contributed by atoms with Crippen LogP contribution >= 0.6 is 0 Å². The van der Waals surface area contributed by atoms with Gasteiger partial charge in [0.2, 0.25) is 0 Å². The zero-order chi connectivity index (χ0) is 21.0. The molecule has 0 spiro atoms. The maximum atomic E-state index is 12.7. The molecule has 31 heavy (non-hydrogen) atoms. The highest BCUT2D eigenvalue weighted by Crippen LogP contribution is 2.39. The molecule has 0 N–H and O–H groups in total. The molecule has 5 aliphatic rings. The zero-order valence-electron chi connectivity index (χ0n) is 18.1. The van der Waals surface area contributed by atoms with Gasteiger partial charge < -0.3 is 19.1 Å². The molecule has 2 saturated heterocycles. The Morgan fingerprint density at radius 3 is 2.74 bits per heavy atom. The molecule has 1 amide bonds. The number of aliphatic imine (C=N–C) groups is 1. The average Bonchev–Trinajstić information content (AvgIpc) is 3.20. The van der Waals surface area contributed by atoms with Gasteiger partial charge in [-0.15, -0.1) is 0 Å². The Balaban J connectivity index is 1.36. The number of amides is 1. The molecule has 6 heteroatoms. The Morgan fingerprint density at radius 1 is 1.03 bits per heavy atom. The van der Waals surface area contributed by atoms with E-state index < -0.39 is 0 Å². The number of carbonyl (C=O) groups excluding carboxylic acids is 1. The van der Waals surface area contributed by atoms with Crippen molar-refractivity contribution in [1.82, 2.24) is 4.90 Å². The van der Waals surface area contributed by atoms with Crippen LogP contribution in [-0.4, -0.2) is 55.5 Å². The van der Waals surface area contributed by atoms with Crippen LogP contribution in [0.2, 0.25) is 0 Å². The number of fused-ring (bicyclic) bond motifs is 5. The number of benzene rings is 1. The first-order chi connectivity index (χ1) is 15.3. The zero-order valence-corrected chi connectivity index (χ0v) is 18.1. The molecule has 1 aromatic rings. The van der Waals surface area contributed by atoms with Crippen LogP contribution in [0, 0.1) is 5.92 Å². The van der Waals surface area contributed by atoms with Crippen molar-refractivity contribution in [2.45, 2.75) is 57.0 Å². The van der Waals surface area contributed by atoms with E-state index in [1.54, 1.807) is 0 Å². The van der Waals surface area contributed by atoms with Crippen molar-refractivity contribution in [1.29, 1.82) is 0 Å². The minimum atomic E-state index is -0.110. The third-order valence-electron chi connectivity index (χ3n) is 7.03. The molecule has 0 aromatic heterocycles. The molecule has 2 bridgehead atoms. The van der Waals surface area contributed by atoms with Crippen LogP contribution in [0.4, 0.5) is 0 Å². The van der Waals surface area contributed by atoms with Crippen LogP contribution in [0.1, 0.15) is 56.4 Å². The van der Waals surface area contributed by atoms with Crippen molar-refractivity contribution in [2.24, 2.45) is 10.9 Å².